The van der Waals surface area contributed by atoms with Crippen LogP contribution in [0.25, 0.3) is 0 Å². The van der Waals surface area contributed by atoms with Gasteiger partial charge >= 0.3 is 0 Å². The molecule has 4 rings (SSSR count). The molecule has 0 unspecified atom stereocenters. The quantitative estimate of drug-likeness (QED) is 0.527. The molecule has 172 valence electrons. The molecular weight excluding hydrogens is 450 g/mol. The van der Waals surface area contributed by atoms with Crippen molar-refractivity contribution in [2.24, 2.45) is 0 Å². The number of anilines is 2. The minimum atomic E-state index is -2.47. The summed E-state index contributed by atoms with van der Waals surface area (Å²) in [6.07, 6.45) is 0. The van der Waals surface area contributed by atoms with Crippen LogP contribution < -0.4 is 5.32 Å². The van der Waals surface area contributed by atoms with Crippen LogP contribution in [0.3, 0.4) is 0 Å². The number of alkyl halides is 2. The smallest absolute Gasteiger partial charge is 0.292 e. The predicted octanol–water partition coefficient (Wildman–Crippen LogP) is 4.64. The summed E-state index contributed by atoms with van der Waals surface area (Å²) in [7, 11) is 0. The fraction of sp³-hybridized carbons (Fsp3) is 0.261. The van der Waals surface area contributed by atoms with Crippen molar-refractivity contribution >= 4 is 35.0 Å². The first-order valence-electron chi connectivity index (χ1n) is 10.3. The Morgan fingerprint density at radius 3 is 2.24 bits per heavy atom. The number of hydrogen-bond donors (Lipinski definition) is 1. The molecule has 7 nitrogen and oxygen atoms in total. The van der Waals surface area contributed by atoms with Crippen LogP contribution in [0.2, 0.25) is 0 Å². The summed E-state index contributed by atoms with van der Waals surface area (Å²) in [5.41, 5.74) is 2.44. The average Bonchev–Trinajstić information content (AvgIpc) is 3.26. The Morgan fingerprint density at radius 2 is 1.64 bits per heavy atom. The largest absolute Gasteiger partial charge is 0.355 e. The molecule has 0 bridgehead atoms. The minimum absolute atomic E-state index is 0.148. The topological polar surface area (TPSA) is 78.7 Å². The Bertz CT molecular complexity index is 1130. The Balaban J connectivity index is 1.40. The lowest BCUT2D eigenvalue weighted by Crippen LogP contribution is -2.50. The third-order valence-electron chi connectivity index (χ3n) is 5.21. The van der Waals surface area contributed by atoms with E-state index in [4.69, 9.17) is 4.52 Å². The van der Waals surface area contributed by atoms with Gasteiger partial charge in [-0.25, -0.2) is 0 Å². The SMILES string of the molecule is Cc1cc(C(=O)N2CCN(C(=O)c3ccccc3Nc3ccc(SC(F)F)cc3)CC2)on1. The summed E-state index contributed by atoms with van der Waals surface area (Å²) in [5.74, 6) is -2.67. The normalized spacial score (nSPS) is 13.9. The Kier molecular flexibility index (Phi) is 6.93. The summed E-state index contributed by atoms with van der Waals surface area (Å²) in [5, 5.41) is 6.94. The second-order valence-electron chi connectivity index (χ2n) is 7.49. The van der Waals surface area contributed by atoms with Crippen molar-refractivity contribution in [2.75, 3.05) is 31.5 Å². The van der Waals surface area contributed by atoms with Gasteiger partial charge in [0.05, 0.1) is 16.9 Å². The van der Waals surface area contributed by atoms with Crippen molar-refractivity contribution in [3.8, 4) is 0 Å². The maximum absolute atomic E-state index is 13.2. The summed E-state index contributed by atoms with van der Waals surface area (Å²) in [4.78, 5) is 29.6. The fourth-order valence-corrected chi connectivity index (χ4v) is 4.06. The lowest BCUT2D eigenvalue weighted by atomic mass is 10.1. The lowest BCUT2D eigenvalue weighted by molar-refractivity contribution is 0.0513. The maximum atomic E-state index is 13.2. The van der Waals surface area contributed by atoms with Crippen molar-refractivity contribution in [1.82, 2.24) is 15.0 Å². The number of halogens is 2. The molecule has 1 N–H and O–H groups in total. The molecule has 0 saturated carbocycles. The molecule has 2 heterocycles. The van der Waals surface area contributed by atoms with Crippen LogP contribution >= 0.6 is 11.8 Å². The second kappa shape index (κ2) is 10.0. The molecule has 33 heavy (non-hydrogen) atoms. The number of nitrogens with one attached hydrogen (secondary N) is 1. The van der Waals surface area contributed by atoms with Crippen molar-refractivity contribution in [3.63, 3.8) is 0 Å². The van der Waals surface area contributed by atoms with E-state index in [0.717, 1.165) is 0 Å². The third-order valence-corrected chi connectivity index (χ3v) is 5.93. The van der Waals surface area contributed by atoms with Crippen LogP contribution in [0.1, 0.15) is 26.6 Å². The van der Waals surface area contributed by atoms with Crippen molar-refractivity contribution in [2.45, 2.75) is 17.6 Å². The molecule has 1 aliphatic rings. The van der Waals surface area contributed by atoms with Gasteiger partial charge < -0.3 is 19.6 Å². The highest BCUT2D eigenvalue weighted by atomic mass is 32.2. The number of hydrogen-bond acceptors (Lipinski definition) is 6. The number of carbonyl (C=O) groups is 2. The van der Waals surface area contributed by atoms with E-state index < -0.39 is 5.76 Å². The molecule has 0 atom stereocenters. The first-order chi connectivity index (χ1) is 15.9. The summed E-state index contributed by atoms with van der Waals surface area (Å²) < 4.78 is 30.1. The van der Waals surface area contributed by atoms with E-state index in [2.05, 4.69) is 10.5 Å². The monoisotopic (exact) mass is 472 g/mol. The Morgan fingerprint density at radius 1 is 1.00 bits per heavy atom. The highest BCUT2D eigenvalue weighted by Crippen LogP contribution is 2.28. The van der Waals surface area contributed by atoms with E-state index in [1.165, 1.54) is 0 Å². The van der Waals surface area contributed by atoms with Gasteiger partial charge in [0.2, 0.25) is 5.76 Å². The number of nitrogens with zero attached hydrogens (tertiary/aromatic N) is 3. The van der Waals surface area contributed by atoms with Crippen LogP contribution in [0.15, 0.2) is 64.0 Å². The number of carbonyl (C=O) groups excluding carboxylic acids is 2. The summed E-state index contributed by atoms with van der Waals surface area (Å²) in [6, 6.07) is 15.3. The molecule has 1 aromatic heterocycles. The van der Waals surface area contributed by atoms with Crippen LogP contribution in [-0.2, 0) is 0 Å². The van der Waals surface area contributed by atoms with E-state index >= 15 is 0 Å². The predicted molar refractivity (Wildman–Crippen MR) is 121 cm³/mol. The van der Waals surface area contributed by atoms with Crippen LogP contribution in [-0.4, -0.2) is 58.7 Å². The number of aryl methyl sites for hydroxylation is 1. The Hall–Kier alpha value is -3.40. The molecule has 1 aliphatic heterocycles. The summed E-state index contributed by atoms with van der Waals surface area (Å²) in [6.45, 7) is 3.32. The van der Waals surface area contributed by atoms with E-state index in [9.17, 15) is 18.4 Å². The zero-order valence-corrected chi connectivity index (χ0v) is 18.6. The maximum Gasteiger partial charge on any atom is 0.292 e. The molecule has 2 aromatic carbocycles. The van der Waals surface area contributed by atoms with Gasteiger partial charge in [-0.2, -0.15) is 8.78 Å². The number of rotatable bonds is 6. The van der Waals surface area contributed by atoms with E-state index in [1.807, 2.05) is 6.07 Å². The number of benzene rings is 2. The van der Waals surface area contributed by atoms with Crippen molar-refractivity contribution < 1.29 is 22.9 Å². The molecule has 3 aromatic rings. The number of aromatic nitrogens is 1. The van der Waals surface area contributed by atoms with Crippen molar-refractivity contribution in [3.05, 3.63) is 71.6 Å². The first kappa shape index (κ1) is 22.8. The van der Waals surface area contributed by atoms with Gasteiger partial charge in [0, 0.05) is 42.8 Å². The molecule has 10 heteroatoms. The van der Waals surface area contributed by atoms with Gasteiger partial charge in [0.1, 0.15) is 0 Å². The number of thioether (sulfide) groups is 1. The highest BCUT2D eigenvalue weighted by molar-refractivity contribution is 7.99. The van der Waals surface area contributed by atoms with Crippen LogP contribution in [0, 0.1) is 6.92 Å². The number of amides is 2. The van der Waals surface area contributed by atoms with Gasteiger partial charge in [-0.3, -0.25) is 9.59 Å². The van der Waals surface area contributed by atoms with E-state index in [-0.39, 0.29) is 17.6 Å². The first-order valence-corrected chi connectivity index (χ1v) is 11.2. The molecule has 1 fully saturated rings. The highest BCUT2D eigenvalue weighted by Gasteiger charge is 2.28. The van der Waals surface area contributed by atoms with Gasteiger partial charge in [-0.15, -0.1) is 0 Å². The summed E-state index contributed by atoms with van der Waals surface area (Å²) >= 11 is 0.483. The van der Waals surface area contributed by atoms with Crippen LogP contribution in [0.5, 0.6) is 0 Å². The molecular formula is C23H22F2N4O3S. The van der Waals surface area contributed by atoms with Gasteiger partial charge in [0.25, 0.3) is 17.6 Å². The van der Waals surface area contributed by atoms with Gasteiger partial charge in [-0.1, -0.05) is 29.1 Å². The third kappa shape index (κ3) is 5.51. The number of para-hydroxylation sites is 1. The molecule has 1 saturated heterocycles. The zero-order valence-electron chi connectivity index (χ0n) is 17.8. The van der Waals surface area contributed by atoms with Crippen molar-refractivity contribution in [1.29, 1.82) is 0 Å². The molecule has 0 spiro atoms. The Labute approximate surface area is 193 Å². The zero-order chi connectivity index (χ0) is 23.4. The van der Waals surface area contributed by atoms with E-state index in [0.29, 0.717) is 65.5 Å². The van der Waals surface area contributed by atoms with Gasteiger partial charge in [0.15, 0.2) is 0 Å². The average molecular weight is 473 g/mol. The second-order valence-corrected chi connectivity index (χ2v) is 8.55. The minimum Gasteiger partial charge on any atom is -0.355 e. The standard InChI is InChI=1S/C23H22F2N4O3S/c1-15-14-20(32-27-15)22(31)29-12-10-28(11-13-29)21(30)18-4-2-3-5-19(18)26-16-6-8-17(9-7-16)33-23(24)25/h2-9,14,23,26H,10-13H2,1H3. The fourth-order valence-electron chi connectivity index (χ4n) is 3.56. The molecule has 0 aliphatic carbocycles. The van der Waals surface area contributed by atoms with Crippen LogP contribution in [0.4, 0.5) is 20.2 Å². The number of piperazine rings is 1. The molecule has 2 amide bonds. The van der Waals surface area contributed by atoms with E-state index in [1.54, 1.807) is 65.3 Å². The molecule has 0 radical (unpaired) electrons. The van der Waals surface area contributed by atoms with Gasteiger partial charge in [-0.05, 0) is 43.3 Å². The lowest BCUT2D eigenvalue weighted by Gasteiger charge is -2.34.